The van der Waals surface area contributed by atoms with Crippen LogP contribution in [0.3, 0.4) is 0 Å². The van der Waals surface area contributed by atoms with Gasteiger partial charge in [-0.25, -0.2) is 4.79 Å². The molecule has 0 radical (unpaired) electrons. The predicted octanol–water partition coefficient (Wildman–Crippen LogP) is 4.69. The van der Waals surface area contributed by atoms with Gasteiger partial charge >= 0.3 is 5.97 Å². The lowest BCUT2D eigenvalue weighted by molar-refractivity contribution is -0.142. The van der Waals surface area contributed by atoms with Crippen molar-refractivity contribution in [2.45, 2.75) is 50.5 Å². The molecule has 1 atom stereocenters. The molecule has 1 saturated carbocycles. The monoisotopic (exact) mass is 458 g/mol. The van der Waals surface area contributed by atoms with E-state index in [2.05, 4.69) is 10.3 Å². The Bertz CT molecular complexity index is 1150. The standard InChI is InChI=1S/C28H30N2O4/c1-19-9-14-22(18-29-19)28(15-5-6-16-28)27(33)30-24(26(31)32)17-20-10-12-21(13-11-20)23-7-3-4-8-25(23)34-2/h3-4,7-14,18,24H,5-6,15-17H2,1-2H3,(H,30,33)(H,31,32)/t24-/m0/s1. The van der Waals surface area contributed by atoms with E-state index in [0.29, 0.717) is 12.8 Å². The highest BCUT2D eigenvalue weighted by molar-refractivity contribution is 5.92. The van der Waals surface area contributed by atoms with Gasteiger partial charge in [0, 0.05) is 23.9 Å². The summed E-state index contributed by atoms with van der Waals surface area (Å²) in [5.41, 5.74) is 3.81. The molecular formula is C28H30N2O4. The predicted molar refractivity (Wildman–Crippen MR) is 131 cm³/mol. The van der Waals surface area contributed by atoms with Crippen LogP contribution < -0.4 is 10.1 Å². The van der Waals surface area contributed by atoms with Gasteiger partial charge < -0.3 is 15.2 Å². The number of aliphatic carboxylic acids is 1. The third kappa shape index (κ3) is 4.81. The van der Waals surface area contributed by atoms with Crippen molar-refractivity contribution in [1.29, 1.82) is 0 Å². The van der Waals surface area contributed by atoms with Crippen LogP contribution in [0.25, 0.3) is 11.1 Å². The first kappa shape index (κ1) is 23.5. The molecule has 4 rings (SSSR count). The van der Waals surface area contributed by atoms with Gasteiger partial charge in [-0.2, -0.15) is 0 Å². The van der Waals surface area contributed by atoms with E-state index in [1.165, 1.54) is 0 Å². The first-order chi connectivity index (χ1) is 16.4. The van der Waals surface area contributed by atoms with Crippen LogP contribution in [-0.2, 0) is 21.4 Å². The van der Waals surface area contributed by atoms with Gasteiger partial charge in [-0.15, -0.1) is 0 Å². The third-order valence-corrected chi connectivity index (χ3v) is 6.77. The summed E-state index contributed by atoms with van der Waals surface area (Å²) in [7, 11) is 1.64. The Kier molecular flexibility index (Phi) is 6.96. The maximum absolute atomic E-state index is 13.5. The van der Waals surface area contributed by atoms with E-state index in [4.69, 9.17) is 4.74 Å². The van der Waals surface area contributed by atoms with Crippen molar-refractivity contribution in [2.24, 2.45) is 0 Å². The SMILES string of the molecule is COc1ccccc1-c1ccc(C[C@H](NC(=O)C2(c3ccc(C)nc3)CCCC2)C(=O)O)cc1. The third-order valence-electron chi connectivity index (χ3n) is 6.77. The summed E-state index contributed by atoms with van der Waals surface area (Å²) in [5.74, 6) is -0.496. The summed E-state index contributed by atoms with van der Waals surface area (Å²) >= 11 is 0. The number of carbonyl (C=O) groups excluding carboxylic acids is 1. The normalized spacial score (nSPS) is 15.5. The average Bonchev–Trinajstić information content (AvgIpc) is 3.36. The quantitative estimate of drug-likeness (QED) is 0.511. The van der Waals surface area contributed by atoms with E-state index in [-0.39, 0.29) is 12.3 Å². The summed E-state index contributed by atoms with van der Waals surface area (Å²) in [6.45, 7) is 1.91. The van der Waals surface area contributed by atoms with Gasteiger partial charge in [0.2, 0.25) is 5.91 Å². The Labute approximate surface area is 200 Å². The Morgan fingerprint density at radius 1 is 1.06 bits per heavy atom. The molecule has 0 unspecified atom stereocenters. The van der Waals surface area contributed by atoms with Gasteiger partial charge in [0.05, 0.1) is 12.5 Å². The van der Waals surface area contributed by atoms with Crippen molar-refractivity contribution in [2.75, 3.05) is 7.11 Å². The van der Waals surface area contributed by atoms with Crippen molar-refractivity contribution in [1.82, 2.24) is 10.3 Å². The number of nitrogens with one attached hydrogen (secondary N) is 1. The van der Waals surface area contributed by atoms with Crippen molar-refractivity contribution >= 4 is 11.9 Å². The number of methoxy groups -OCH3 is 1. The number of carboxylic acid groups (broad SMARTS) is 1. The zero-order valence-electron chi connectivity index (χ0n) is 19.6. The Morgan fingerprint density at radius 2 is 1.76 bits per heavy atom. The highest BCUT2D eigenvalue weighted by atomic mass is 16.5. The number of rotatable bonds is 8. The van der Waals surface area contributed by atoms with E-state index < -0.39 is 17.4 Å². The van der Waals surface area contributed by atoms with Crippen LogP contribution >= 0.6 is 0 Å². The average molecular weight is 459 g/mol. The molecule has 1 fully saturated rings. The topological polar surface area (TPSA) is 88.5 Å². The molecule has 3 aromatic rings. The maximum atomic E-state index is 13.5. The minimum absolute atomic E-state index is 0.204. The Balaban J connectivity index is 1.52. The number of aryl methyl sites for hydroxylation is 1. The van der Waals surface area contributed by atoms with Crippen molar-refractivity contribution < 1.29 is 19.4 Å². The van der Waals surface area contributed by atoms with Gasteiger partial charge in [0.15, 0.2) is 0 Å². The molecule has 34 heavy (non-hydrogen) atoms. The smallest absolute Gasteiger partial charge is 0.326 e. The summed E-state index contributed by atoms with van der Waals surface area (Å²) < 4.78 is 5.44. The lowest BCUT2D eigenvalue weighted by Crippen LogP contribution is -2.50. The minimum Gasteiger partial charge on any atom is -0.496 e. The molecule has 2 aromatic carbocycles. The summed E-state index contributed by atoms with van der Waals surface area (Å²) in [5, 5.41) is 12.7. The summed E-state index contributed by atoms with van der Waals surface area (Å²) in [4.78, 5) is 29.9. The summed E-state index contributed by atoms with van der Waals surface area (Å²) in [6.07, 6.45) is 5.22. The first-order valence-corrected chi connectivity index (χ1v) is 11.6. The first-order valence-electron chi connectivity index (χ1n) is 11.6. The van der Waals surface area contributed by atoms with Crippen LogP contribution in [0, 0.1) is 6.92 Å². The second-order valence-corrected chi connectivity index (χ2v) is 8.94. The number of para-hydroxylation sites is 1. The second kappa shape index (κ2) is 10.1. The van der Waals surface area contributed by atoms with E-state index >= 15 is 0 Å². The second-order valence-electron chi connectivity index (χ2n) is 8.94. The molecule has 1 amide bonds. The molecule has 1 aliphatic carbocycles. The molecule has 0 spiro atoms. The van der Waals surface area contributed by atoms with Crippen molar-refractivity contribution in [3.8, 4) is 16.9 Å². The number of ether oxygens (including phenoxy) is 1. The largest absolute Gasteiger partial charge is 0.496 e. The molecule has 176 valence electrons. The molecule has 1 aliphatic rings. The molecule has 6 heteroatoms. The number of carbonyl (C=O) groups is 2. The fraction of sp³-hybridized carbons (Fsp3) is 0.321. The van der Waals surface area contributed by atoms with Gasteiger partial charge in [0.25, 0.3) is 0 Å². The fourth-order valence-corrected chi connectivity index (χ4v) is 4.81. The molecule has 6 nitrogen and oxygen atoms in total. The zero-order chi connectivity index (χ0) is 24.1. The number of aromatic nitrogens is 1. The molecule has 0 bridgehead atoms. The molecule has 2 N–H and O–H groups in total. The van der Waals surface area contributed by atoms with Crippen LogP contribution in [-0.4, -0.2) is 35.1 Å². The maximum Gasteiger partial charge on any atom is 0.326 e. The molecule has 1 aromatic heterocycles. The lowest BCUT2D eigenvalue weighted by Gasteiger charge is -2.30. The number of benzene rings is 2. The Hall–Kier alpha value is -3.67. The van der Waals surface area contributed by atoms with E-state index in [1.54, 1.807) is 13.3 Å². The van der Waals surface area contributed by atoms with E-state index in [0.717, 1.165) is 46.5 Å². The zero-order valence-corrected chi connectivity index (χ0v) is 19.6. The number of hydrogen-bond donors (Lipinski definition) is 2. The van der Waals surface area contributed by atoms with Gasteiger partial charge in [0.1, 0.15) is 11.8 Å². The van der Waals surface area contributed by atoms with Gasteiger partial charge in [-0.1, -0.05) is 61.4 Å². The number of amides is 1. The Morgan fingerprint density at radius 3 is 2.38 bits per heavy atom. The van der Waals surface area contributed by atoms with Crippen LogP contribution in [0.5, 0.6) is 5.75 Å². The number of hydrogen-bond acceptors (Lipinski definition) is 4. The van der Waals surface area contributed by atoms with E-state index in [1.807, 2.05) is 67.6 Å². The van der Waals surface area contributed by atoms with Gasteiger partial charge in [-0.3, -0.25) is 9.78 Å². The van der Waals surface area contributed by atoms with Crippen molar-refractivity contribution in [3.05, 3.63) is 83.7 Å². The number of nitrogens with zero attached hydrogens (tertiary/aromatic N) is 1. The lowest BCUT2D eigenvalue weighted by atomic mass is 9.78. The van der Waals surface area contributed by atoms with Crippen LogP contribution in [0.2, 0.25) is 0 Å². The number of pyridine rings is 1. The molecular weight excluding hydrogens is 428 g/mol. The van der Waals surface area contributed by atoms with Crippen LogP contribution in [0.15, 0.2) is 66.9 Å². The molecule has 0 aliphatic heterocycles. The van der Waals surface area contributed by atoms with Crippen LogP contribution in [0.4, 0.5) is 0 Å². The highest BCUT2D eigenvalue weighted by Gasteiger charge is 2.44. The van der Waals surface area contributed by atoms with Crippen molar-refractivity contribution in [3.63, 3.8) is 0 Å². The van der Waals surface area contributed by atoms with Crippen LogP contribution in [0.1, 0.15) is 42.5 Å². The summed E-state index contributed by atoms with van der Waals surface area (Å²) in [6, 6.07) is 18.3. The molecule has 1 heterocycles. The molecule has 0 saturated heterocycles. The van der Waals surface area contributed by atoms with E-state index in [9.17, 15) is 14.7 Å². The van der Waals surface area contributed by atoms with Gasteiger partial charge in [-0.05, 0) is 48.6 Å². The highest BCUT2D eigenvalue weighted by Crippen LogP contribution is 2.41. The number of carboxylic acids is 1. The minimum atomic E-state index is -1.04. The fourth-order valence-electron chi connectivity index (χ4n) is 4.81.